The van der Waals surface area contributed by atoms with Gasteiger partial charge in [0.25, 0.3) is 0 Å². The van der Waals surface area contributed by atoms with Crippen molar-refractivity contribution in [3.63, 3.8) is 0 Å². The summed E-state index contributed by atoms with van der Waals surface area (Å²) in [5, 5.41) is 204. The molecule has 0 aromatic carbocycles. The number of carboxylic acids is 2. The number of carbonyl (C=O) groups is 5. The van der Waals surface area contributed by atoms with Crippen LogP contribution in [0.4, 0.5) is 0 Å². The summed E-state index contributed by atoms with van der Waals surface area (Å²) in [5.41, 5.74) is -4.81. The first-order chi connectivity index (χ1) is 52.8. The molecule has 11 rings (SSSR count). The lowest BCUT2D eigenvalue weighted by Gasteiger charge is -2.71. The normalized spacial score (nSPS) is 48.8. The molecule has 36 heteroatoms. The van der Waals surface area contributed by atoms with Gasteiger partial charge in [0.2, 0.25) is 11.8 Å². The van der Waals surface area contributed by atoms with Crippen LogP contribution in [0.3, 0.4) is 0 Å². The van der Waals surface area contributed by atoms with Crippen LogP contribution in [0.5, 0.6) is 0 Å². The number of hydrogen-bond acceptors (Lipinski definition) is 32. The molecule has 112 heavy (non-hydrogen) atoms. The minimum absolute atomic E-state index is 0.00132. The summed E-state index contributed by atoms with van der Waals surface area (Å²) >= 11 is 0. The van der Waals surface area contributed by atoms with E-state index in [0.29, 0.717) is 57.8 Å². The van der Waals surface area contributed by atoms with Crippen LogP contribution in [0.15, 0.2) is 11.6 Å². The van der Waals surface area contributed by atoms with E-state index in [2.05, 4.69) is 51.3 Å². The summed E-state index contributed by atoms with van der Waals surface area (Å²) in [6.07, 6.45) is -39.8. The van der Waals surface area contributed by atoms with Crippen LogP contribution in [0.2, 0.25) is 0 Å². The third kappa shape index (κ3) is 17.0. The van der Waals surface area contributed by atoms with E-state index in [1.54, 1.807) is 6.92 Å². The Kier molecular flexibility index (Phi) is 28.3. The number of ether oxygens (including phenoxy) is 11. The lowest BCUT2D eigenvalue weighted by Crippen LogP contribution is -2.72. The van der Waals surface area contributed by atoms with Crippen LogP contribution in [0.1, 0.15) is 170 Å². The molecular weight excluding hydrogens is 1480 g/mol. The molecule has 6 saturated heterocycles. The highest BCUT2D eigenvalue weighted by Crippen LogP contribution is 2.76. The highest BCUT2D eigenvalue weighted by Gasteiger charge is 2.73. The van der Waals surface area contributed by atoms with Gasteiger partial charge in [0.1, 0.15) is 122 Å². The molecule has 0 spiro atoms. The Labute approximate surface area is 649 Å². The van der Waals surface area contributed by atoms with Crippen molar-refractivity contribution in [2.24, 2.45) is 50.2 Å². The van der Waals surface area contributed by atoms with Crippen molar-refractivity contribution in [2.45, 2.75) is 355 Å². The van der Waals surface area contributed by atoms with E-state index in [1.807, 2.05) is 0 Å². The van der Waals surface area contributed by atoms with E-state index in [-0.39, 0.29) is 38.0 Å². The van der Waals surface area contributed by atoms with Crippen LogP contribution in [-0.4, -0.2) is 332 Å². The number of aliphatic hydroxyl groups excluding tert-OH is 16. The van der Waals surface area contributed by atoms with Gasteiger partial charge in [0, 0.05) is 12.8 Å². The Bertz CT molecular complexity index is 3250. The van der Waals surface area contributed by atoms with E-state index in [9.17, 15) is 106 Å². The van der Waals surface area contributed by atoms with Gasteiger partial charge in [-0.05, 0) is 117 Å². The fourth-order valence-corrected chi connectivity index (χ4v) is 21.0. The van der Waals surface area contributed by atoms with Gasteiger partial charge in [-0.25, -0.2) is 4.79 Å². The number of aliphatic carboxylic acids is 2. The molecule has 0 bridgehead atoms. The predicted octanol–water partition coefficient (Wildman–Crippen LogP) is -3.16. The minimum Gasteiger partial charge on any atom is -0.481 e. The smallest absolute Gasteiger partial charge is 0.335 e. The number of rotatable bonds is 28. The molecular formula is C76H122N2O34. The van der Waals surface area contributed by atoms with E-state index < -0.39 is 279 Å². The topological polar surface area (TPSA) is 575 Å². The van der Waals surface area contributed by atoms with Crippen molar-refractivity contribution in [3.8, 4) is 0 Å². The van der Waals surface area contributed by atoms with Gasteiger partial charge in [-0.15, -0.1) is 0 Å². The van der Waals surface area contributed by atoms with Crippen molar-refractivity contribution in [1.82, 2.24) is 10.6 Å². The monoisotopic (exact) mass is 1610 g/mol. The lowest BCUT2D eigenvalue weighted by molar-refractivity contribution is -0.391. The number of carboxylic acid groups (broad SMARTS) is 2. The van der Waals surface area contributed by atoms with Gasteiger partial charge >= 0.3 is 11.9 Å². The number of nitrogens with one attached hydrogen (secondary N) is 2. The standard InChI is InChI=1S/C76H122N2O34/c1-33-58(108-65-53(94)47(88)36(82)30-102-65)52(93)56(97)67(104-33)110-60-50(91)46(77-44(85)16-14-12-10-8-9-11-13-15-17-45(86)87)38(28-79)105-63(60)78-70(101)76-25-24-71(2,3)26-35(76)34-18-19-41-72(4)22-21-43(73(5,32-81)40(72)20-23-74(41,6)75(34,7)27-42(76)84)107-69-62(112-68-55(96)51(92)49(90)39(29-80)106-68)59(57(98)61(111-69)64(99)100)109-66-54(95)48(89)37(83)31-103-66/h18,32-33,35-43,46-63,65-69,79-80,82-84,88-98H,8-17,19-31H2,1-7H3,(H,77,85)(H,78,101)(H,86,87)(H,99,100)/t33?,35?,36-,37-,38?,39?,40-,41?,42?,43+,46+,47?,48-,49+,50?,51+,52?,53?,54?,55?,56?,57+,58+,59+,60?,61?,62?,63?,65+,66+,67+,68+,69-,72?,73-,74?,75-,76-/m1/s1. The first kappa shape index (κ1) is 89.0. The van der Waals surface area contributed by atoms with E-state index in [4.69, 9.17) is 57.2 Å². The van der Waals surface area contributed by atoms with Gasteiger partial charge in [-0.3, -0.25) is 14.4 Å². The number of aldehydes is 1. The molecule has 10 fully saturated rings. The molecule has 2 amide bonds. The fraction of sp³-hybridized carbons (Fsp3) is 0.908. The molecule has 38 atom stereocenters. The highest BCUT2D eigenvalue weighted by molar-refractivity contribution is 5.85. The Morgan fingerprint density at radius 3 is 1.69 bits per heavy atom. The zero-order chi connectivity index (χ0) is 81.8. The third-order valence-corrected chi connectivity index (χ3v) is 27.8. The van der Waals surface area contributed by atoms with Gasteiger partial charge in [-0.1, -0.05) is 91.7 Å². The molecule has 11 aliphatic rings. The van der Waals surface area contributed by atoms with Gasteiger partial charge in [-0.2, -0.15) is 0 Å². The zero-order valence-corrected chi connectivity index (χ0v) is 64.6. The van der Waals surface area contributed by atoms with Crippen molar-refractivity contribution >= 4 is 30.0 Å². The first-order valence-corrected chi connectivity index (χ1v) is 39.9. The summed E-state index contributed by atoms with van der Waals surface area (Å²) in [5.74, 6) is -5.22. The zero-order valence-electron chi connectivity index (χ0n) is 64.6. The summed E-state index contributed by atoms with van der Waals surface area (Å²) in [4.78, 5) is 68.3. The second kappa shape index (κ2) is 35.6. The number of aliphatic hydroxyl groups is 16. The fourth-order valence-electron chi connectivity index (χ4n) is 21.0. The Balaban J connectivity index is 0.854. The molecule has 6 aliphatic heterocycles. The minimum atomic E-state index is -2.23. The van der Waals surface area contributed by atoms with Crippen molar-refractivity contribution in [2.75, 3.05) is 26.4 Å². The number of fused-ring (bicyclic) bond motifs is 7. The Morgan fingerprint density at radius 1 is 0.527 bits per heavy atom. The molecule has 5 aliphatic carbocycles. The van der Waals surface area contributed by atoms with Crippen molar-refractivity contribution in [1.29, 1.82) is 0 Å². The predicted molar refractivity (Wildman–Crippen MR) is 379 cm³/mol. The summed E-state index contributed by atoms with van der Waals surface area (Å²) < 4.78 is 66.7. The molecule has 0 aromatic heterocycles. The number of unbranched alkanes of at least 4 members (excludes halogenated alkanes) is 7. The quantitative estimate of drug-likeness (QED) is 0.0159. The second-order valence-corrected chi connectivity index (χ2v) is 35.2. The van der Waals surface area contributed by atoms with Crippen LogP contribution in [0, 0.1) is 50.2 Å². The molecule has 19 unspecified atom stereocenters. The summed E-state index contributed by atoms with van der Waals surface area (Å²) in [7, 11) is 0. The van der Waals surface area contributed by atoms with E-state index >= 15 is 4.79 Å². The molecule has 20 N–H and O–H groups in total. The number of hydrogen-bond donors (Lipinski definition) is 20. The first-order valence-electron chi connectivity index (χ1n) is 39.9. The molecule has 36 nitrogen and oxygen atoms in total. The molecule has 640 valence electrons. The Hall–Kier alpha value is -3.79. The number of carbonyl (C=O) groups excluding carboxylic acids is 3. The van der Waals surface area contributed by atoms with Crippen LogP contribution < -0.4 is 10.6 Å². The maximum atomic E-state index is 16.2. The average Bonchev–Trinajstić information content (AvgIpc) is 0.669. The molecule has 6 heterocycles. The lowest BCUT2D eigenvalue weighted by atomic mass is 9.33. The summed E-state index contributed by atoms with van der Waals surface area (Å²) in [6, 6.07) is -1.42. The van der Waals surface area contributed by atoms with E-state index in [1.165, 1.54) is 6.92 Å². The van der Waals surface area contributed by atoms with Gasteiger partial charge in [0.05, 0.1) is 61.6 Å². The second-order valence-electron chi connectivity index (χ2n) is 35.2. The van der Waals surface area contributed by atoms with Gasteiger partial charge < -0.3 is 159 Å². The average molecular weight is 1610 g/mol. The van der Waals surface area contributed by atoms with Crippen LogP contribution in [-0.2, 0) is 76.1 Å². The largest absolute Gasteiger partial charge is 0.481 e. The van der Waals surface area contributed by atoms with Crippen LogP contribution in [0.25, 0.3) is 0 Å². The van der Waals surface area contributed by atoms with E-state index in [0.717, 1.165) is 44.0 Å². The maximum absolute atomic E-state index is 16.2. The molecule has 4 saturated carbocycles. The SMILES string of the molecule is CC1O[C@@H](OC2C(NC(=O)[C@]34CCC(C)(C)CC3C3=CCC5C6(C)CC[C@H](O[C@@H]7OC(C(=O)O)[C@@H](O)[C@H](O[C@@H]8OC[C@@H](O)[C@@H](O)C8O)C7O[C@@H]7OC(CO)[C@H](O)[C@H](O)C7O)[C@](C)(C=O)[C@@H]6CCC5(C)[C@]3(C)CC4O)OC(CO)[C@H](NC(=O)CCCCCCCCCCC(=O)O)C2O)C(O)C(O)[C@H]1O[C@@H]1OC[C@@H](O)C(O)C1O. The third-order valence-electron chi connectivity index (χ3n) is 27.8. The van der Waals surface area contributed by atoms with Crippen LogP contribution >= 0.6 is 0 Å². The number of amides is 2. The maximum Gasteiger partial charge on any atom is 0.335 e. The molecule has 0 aromatic rings. The summed E-state index contributed by atoms with van der Waals surface area (Å²) in [6.45, 7) is 11.0. The number of allylic oxidation sites excluding steroid dienone is 2. The molecule has 0 radical (unpaired) electrons. The Morgan fingerprint density at radius 2 is 1.09 bits per heavy atom. The highest BCUT2D eigenvalue weighted by atomic mass is 16.8. The van der Waals surface area contributed by atoms with Crippen molar-refractivity contribution < 1.29 is 168 Å². The van der Waals surface area contributed by atoms with Crippen molar-refractivity contribution in [3.05, 3.63) is 11.6 Å². The van der Waals surface area contributed by atoms with Gasteiger partial charge in [0.15, 0.2) is 43.8 Å².